The molecule has 1 aliphatic heterocycles. The Morgan fingerprint density at radius 2 is 2.03 bits per heavy atom. The zero-order valence-corrected chi connectivity index (χ0v) is 20.2. The molecule has 0 unspecified atom stereocenters. The number of hydrogen-bond donors (Lipinski definition) is 2. The third kappa shape index (κ3) is 5.25. The number of fused-ring (bicyclic) bond motifs is 1. The van der Waals surface area contributed by atoms with Crippen molar-refractivity contribution in [3.8, 4) is 5.75 Å². The number of nitrogens with one attached hydrogen (secondary N) is 2. The van der Waals surface area contributed by atoms with Crippen molar-refractivity contribution in [1.29, 1.82) is 0 Å². The number of carbonyl (C=O) groups excluding carboxylic acids is 1. The molecule has 2 N–H and O–H groups in total. The first-order chi connectivity index (χ1) is 16.3. The highest BCUT2D eigenvalue weighted by Crippen LogP contribution is 2.42. The summed E-state index contributed by atoms with van der Waals surface area (Å²) in [4.78, 5) is 23.3. The Morgan fingerprint density at radius 3 is 2.66 bits per heavy atom. The molecule has 0 saturated heterocycles. The van der Waals surface area contributed by atoms with Crippen molar-refractivity contribution in [2.45, 2.75) is 37.4 Å². The molecule has 2 heterocycles. The molecular formula is C21H20ClFN4O7S. The number of sulfonamides is 1. The zero-order chi connectivity index (χ0) is 25.5. The molecule has 0 radical (unpaired) electrons. The average molecular weight is 527 g/mol. The van der Waals surface area contributed by atoms with Crippen molar-refractivity contribution < 1.29 is 31.5 Å². The lowest BCUT2D eigenvalue weighted by Crippen LogP contribution is -2.40. The Morgan fingerprint density at radius 1 is 1.29 bits per heavy atom. The van der Waals surface area contributed by atoms with Gasteiger partial charge in [0.05, 0.1) is 22.2 Å². The maximum atomic E-state index is 13.7. The van der Waals surface area contributed by atoms with Gasteiger partial charge in [0.25, 0.3) is 15.9 Å². The van der Waals surface area contributed by atoms with Crippen LogP contribution in [0, 0.1) is 5.82 Å². The van der Waals surface area contributed by atoms with Crippen LogP contribution in [0.5, 0.6) is 5.75 Å². The van der Waals surface area contributed by atoms with Crippen LogP contribution in [0.1, 0.15) is 32.8 Å². The Kier molecular flexibility index (Phi) is 6.23. The summed E-state index contributed by atoms with van der Waals surface area (Å²) in [6.45, 7) is 4.74. The van der Waals surface area contributed by atoms with Crippen LogP contribution in [0.4, 0.5) is 20.6 Å². The molecule has 0 saturated carbocycles. The van der Waals surface area contributed by atoms with E-state index in [1.165, 1.54) is 18.2 Å². The Bertz CT molecular complexity index is 1450. The van der Waals surface area contributed by atoms with Crippen LogP contribution in [-0.2, 0) is 14.8 Å². The quantitative estimate of drug-likeness (QED) is 0.522. The van der Waals surface area contributed by atoms with Gasteiger partial charge in [-0.15, -0.1) is 5.10 Å². The first-order valence-corrected chi connectivity index (χ1v) is 12.0. The molecule has 1 atom stereocenters. The Hall–Kier alpha value is -3.58. The van der Waals surface area contributed by atoms with E-state index in [9.17, 15) is 22.4 Å². The normalized spacial score (nSPS) is 15.8. The number of hydrogen-bond acceptors (Lipinski definition) is 8. The van der Waals surface area contributed by atoms with Crippen LogP contribution in [0.2, 0.25) is 5.02 Å². The highest BCUT2D eigenvalue weighted by atomic mass is 35.5. The van der Waals surface area contributed by atoms with Gasteiger partial charge in [0, 0.05) is 5.69 Å². The summed E-state index contributed by atoms with van der Waals surface area (Å²) in [5.41, 5.74) is -0.462. The van der Waals surface area contributed by atoms with Gasteiger partial charge in [-0.05, 0) is 57.2 Å². The second-order valence-corrected chi connectivity index (χ2v) is 10.7. The number of ether oxygens (including phenoxy) is 2. The lowest BCUT2D eigenvalue weighted by Gasteiger charge is -2.34. The Balaban J connectivity index is 1.76. The SMILES string of the molecule is CC(C)(C)OC(=O)Nc1ccc2c(c1)N(S(=O)(=O)c1ccc(F)c(Cl)c1)C[C@H](c1n[nH]c(=O)o1)O2. The van der Waals surface area contributed by atoms with Crippen molar-refractivity contribution in [3.05, 3.63) is 63.7 Å². The lowest BCUT2D eigenvalue weighted by atomic mass is 10.2. The summed E-state index contributed by atoms with van der Waals surface area (Å²) in [5, 5.41) is 7.98. The average Bonchev–Trinajstić information content (AvgIpc) is 3.19. The molecule has 0 bridgehead atoms. The maximum Gasteiger partial charge on any atom is 0.434 e. The summed E-state index contributed by atoms with van der Waals surface area (Å²) >= 11 is 5.81. The fourth-order valence-electron chi connectivity index (χ4n) is 3.25. The fraction of sp³-hybridized carbons (Fsp3) is 0.286. The van der Waals surface area contributed by atoms with E-state index in [0.717, 1.165) is 22.5 Å². The van der Waals surface area contributed by atoms with Crippen LogP contribution in [-0.4, -0.2) is 36.9 Å². The number of rotatable bonds is 4. The van der Waals surface area contributed by atoms with Crippen LogP contribution in [0.25, 0.3) is 0 Å². The second kappa shape index (κ2) is 8.89. The highest BCUT2D eigenvalue weighted by molar-refractivity contribution is 7.92. The van der Waals surface area contributed by atoms with Crippen LogP contribution in [0.15, 0.2) is 50.5 Å². The summed E-state index contributed by atoms with van der Waals surface area (Å²) in [7, 11) is -4.32. The van der Waals surface area contributed by atoms with Gasteiger partial charge < -0.3 is 13.9 Å². The van der Waals surface area contributed by atoms with Gasteiger partial charge in [-0.2, -0.15) is 0 Å². The van der Waals surface area contributed by atoms with Crippen LogP contribution < -0.4 is 20.1 Å². The molecule has 1 aromatic heterocycles. The van der Waals surface area contributed by atoms with Crippen molar-refractivity contribution in [2.75, 3.05) is 16.2 Å². The zero-order valence-electron chi connectivity index (χ0n) is 18.7. The molecule has 14 heteroatoms. The number of aromatic nitrogens is 2. The van der Waals surface area contributed by atoms with Gasteiger partial charge in [-0.3, -0.25) is 9.62 Å². The van der Waals surface area contributed by atoms with E-state index in [2.05, 4.69) is 15.5 Å². The van der Waals surface area contributed by atoms with Gasteiger partial charge in [0.15, 0.2) is 6.10 Å². The largest absolute Gasteiger partial charge is 0.476 e. The molecule has 0 fully saturated rings. The molecule has 4 rings (SSSR count). The molecule has 11 nitrogen and oxygen atoms in total. The summed E-state index contributed by atoms with van der Waals surface area (Å²) in [6, 6.07) is 7.26. The number of aromatic amines is 1. The minimum atomic E-state index is -4.32. The van der Waals surface area contributed by atoms with E-state index in [1.54, 1.807) is 20.8 Å². The van der Waals surface area contributed by atoms with E-state index in [4.69, 9.17) is 25.5 Å². The van der Waals surface area contributed by atoms with E-state index >= 15 is 0 Å². The number of H-pyrrole nitrogens is 1. The van der Waals surface area contributed by atoms with E-state index in [0.29, 0.717) is 0 Å². The monoisotopic (exact) mass is 526 g/mol. The highest BCUT2D eigenvalue weighted by Gasteiger charge is 2.38. The van der Waals surface area contributed by atoms with Gasteiger partial charge in [-0.25, -0.2) is 27.5 Å². The molecular weight excluding hydrogens is 507 g/mol. The predicted octanol–water partition coefficient (Wildman–Crippen LogP) is 3.83. The van der Waals surface area contributed by atoms with E-state index in [-0.39, 0.29) is 39.5 Å². The minimum absolute atomic E-state index is 0.0631. The maximum absolute atomic E-state index is 13.7. The van der Waals surface area contributed by atoms with Crippen molar-refractivity contribution in [1.82, 2.24) is 10.2 Å². The summed E-state index contributed by atoms with van der Waals surface area (Å²) in [6.07, 6.45) is -1.83. The van der Waals surface area contributed by atoms with Gasteiger partial charge >= 0.3 is 11.8 Å². The predicted molar refractivity (Wildman–Crippen MR) is 123 cm³/mol. The van der Waals surface area contributed by atoms with E-state index in [1.807, 2.05) is 0 Å². The summed E-state index contributed by atoms with van der Waals surface area (Å²) < 4.78 is 57.8. The topological polar surface area (TPSA) is 144 Å². The lowest BCUT2D eigenvalue weighted by molar-refractivity contribution is 0.0636. The third-order valence-electron chi connectivity index (χ3n) is 4.68. The van der Waals surface area contributed by atoms with Gasteiger partial charge in [0.1, 0.15) is 17.2 Å². The number of carbonyl (C=O) groups is 1. The first kappa shape index (κ1) is 24.5. The molecule has 2 aromatic carbocycles. The molecule has 3 aromatic rings. The van der Waals surface area contributed by atoms with Gasteiger partial charge in [0.2, 0.25) is 0 Å². The third-order valence-corrected chi connectivity index (χ3v) is 6.75. The molecule has 186 valence electrons. The van der Waals surface area contributed by atoms with Crippen molar-refractivity contribution in [3.63, 3.8) is 0 Å². The molecule has 35 heavy (non-hydrogen) atoms. The van der Waals surface area contributed by atoms with E-state index < -0.39 is 39.4 Å². The molecule has 1 aliphatic rings. The summed E-state index contributed by atoms with van der Waals surface area (Å²) in [5.74, 6) is -1.70. The minimum Gasteiger partial charge on any atom is -0.476 e. The fourth-order valence-corrected chi connectivity index (χ4v) is 4.99. The number of halogens is 2. The van der Waals surface area contributed by atoms with Gasteiger partial charge in [-0.1, -0.05) is 11.6 Å². The number of anilines is 2. The number of nitrogens with zero attached hydrogens (tertiary/aromatic N) is 2. The first-order valence-electron chi connectivity index (χ1n) is 10.2. The second-order valence-electron chi connectivity index (χ2n) is 8.48. The molecule has 0 aliphatic carbocycles. The number of amides is 1. The van der Waals surface area contributed by atoms with Crippen LogP contribution >= 0.6 is 11.6 Å². The molecule has 0 spiro atoms. The number of benzene rings is 2. The molecule has 1 amide bonds. The van der Waals surface area contributed by atoms with Crippen molar-refractivity contribution in [2.24, 2.45) is 0 Å². The Labute approximate surface area is 203 Å². The smallest absolute Gasteiger partial charge is 0.434 e. The van der Waals surface area contributed by atoms with Crippen molar-refractivity contribution >= 4 is 39.1 Å². The van der Waals surface area contributed by atoms with Crippen LogP contribution in [0.3, 0.4) is 0 Å². The standard InChI is InChI=1S/C21H20ClFN4O7S/c1-21(2,3)34-19(28)24-11-4-7-16-15(8-11)27(10-17(32-16)18-25-26-20(29)33-18)35(30,31)12-5-6-14(23)13(22)9-12/h4-9,17H,10H2,1-3H3,(H,24,28)(H,26,29)/t17-/m1/s1.